The number of esters is 1. The van der Waals surface area contributed by atoms with Crippen molar-refractivity contribution in [1.82, 2.24) is 0 Å². The molecule has 0 aromatic heterocycles. The average molecular weight is 276 g/mol. The number of rotatable bonds is 9. The first-order chi connectivity index (χ1) is 9.69. The summed E-state index contributed by atoms with van der Waals surface area (Å²) >= 11 is 0. The lowest BCUT2D eigenvalue weighted by atomic mass is 10.2. The third-order valence-corrected chi connectivity index (χ3v) is 2.74. The highest BCUT2D eigenvalue weighted by Gasteiger charge is 2.14. The summed E-state index contributed by atoms with van der Waals surface area (Å²) in [7, 11) is 0. The maximum Gasteiger partial charge on any atom is 0.333 e. The number of aldehydes is 1. The lowest BCUT2D eigenvalue weighted by Gasteiger charge is -2.18. The van der Waals surface area contributed by atoms with Crippen LogP contribution in [0, 0.1) is 0 Å². The van der Waals surface area contributed by atoms with Gasteiger partial charge in [-0.2, -0.15) is 0 Å². The molecule has 0 aliphatic carbocycles. The average Bonchev–Trinajstić information content (AvgIpc) is 2.48. The molecule has 1 aromatic rings. The highest BCUT2D eigenvalue weighted by molar-refractivity contribution is 5.81. The molecule has 4 nitrogen and oxygen atoms in total. The molecule has 1 unspecified atom stereocenters. The number of ether oxygens (including phenoxy) is 2. The summed E-state index contributed by atoms with van der Waals surface area (Å²) in [5.41, 5.74) is 0.572. The zero-order valence-corrected chi connectivity index (χ0v) is 11.7. The second kappa shape index (κ2) is 8.91. The maximum atomic E-state index is 11.3. The predicted molar refractivity (Wildman–Crippen MR) is 76.7 cm³/mol. The molecule has 20 heavy (non-hydrogen) atoms. The van der Waals surface area contributed by atoms with Gasteiger partial charge in [-0.3, -0.25) is 4.79 Å². The summed E-state index contributed by atoms with van der Waals surface area (Å²) in [6, 6.07) is 6.66. The van der Waals surface area contributed by atoms with Crippen LogP contribution in [0.15, 0.2) is 36.9 Å². The number of benzene rings is 1. The second-order valence-electron chi connectivity index (χ2n) is 4.37. The van der Waals surface area contributed by atoms with Gasteiger partial charge in [0.15, 0.2) is 0 Å². The Balaban J connectivity index is 2.62. The van der Waals surface area contributed by atoms with Gasteiger partial charge in [-0.25, -0.2) is 4.79 Å². The Bertz CT molecular complexity index is 436. The van der Waals surface area contributed by atoms with Gasteiger partial charge >= 0.3 is 5.97 Å². The smallest absolute Gasteiger partial charge is 0.333 e. The second-order valence-corrected chi connectivity index (χ2v) is 4.37. The summed E-state index contributed by atoms with van der Waals surface area (Å²) < 4.78 is 10.8. The van der Waals surface area contributed by atoms with E-state index in [1.54, 1.807) is 24.3 Å². The molecule has 0 aliphatic rings. The molecular formula is C16H20O4. The number of hydrogen-bond acceptors (Lipinski definition) is 4. The molecule has 1 atom stereocenters. The standard InChI is InChI=1S/C16H20O4/c1-3-5-6-7-16(20-15(18)4-2)19-14-10-8-13(12-17)9-11-14/h4,8-12,16H,2-3,5-7H2,1H3. The van der Waals surface area contributed by atoms with E-state index in [-0.39, 0.29) is 0 Å². The molecule has 0 N–H and O–H groups in total. The first-order valence-corrected chi connectivity index (χ1v) is 6.74. The minimum atomic E-state index is -0.630. The molecule has 0 aliphatic heterocycles. The summed E-state index contributed by atoms with van der Waals surface area (Å²) in [6.45, 7) is 5.47. The minimum Gasteiger partial charge on any atom is -0.455 e. The zero-order chi connectivity index (χ0) is 14.8. The van der Waals surface area contributed by atoms with Crippen molar-refractivity contribution in [3.05, 3.63) is 42.5 Å². The van der Waals surface area contributed by atoms with Crippen LogP contribution in [0.3, 0.4) is 0 Å². The summed E-state index contributed by atoms with van der Waals surface area (Å²) in [6.07, 6.45) is 4.92. The van der Waals surface area contributed by atoms with Crippen LogP contribution in [0.1, 0.15) is 43.0 Å². The van der Waals surface area contributed by atoms with Crippen LogP contribution in [0.4, 0.5) is 0 Å². The maximum absolute atomic E-state index is 11.3. The van der Waals surface area contributed by atoms with E-state index in [0.29, 0.717) is 17.7 Å². The Labute approximate surface area is 119 Å². The summed E-state index contributed by atoms with van der Waals surface area (Å²) in [5.74, 6) is 0.0602. The largest absolute Gasteiger partial charge is 0.455 e. The van der Waals surface area contributed by atoms with E-state index in [2.05, 4.69) is 13.5 Å². The van der Waals surface area contributed by atoms with Crippen molar-refractivity contribution >= 4 is 12.3 Å². The fraction of sp³-hybridized carbons (Fsp3) is 0.375. The third-order valence-electron chi connectivity index (χ3n) is 2.74. The lowest BCUT2D eigenvalue weighted by Crippen LogP contribution is -2.23. The van der Waals surface area contributed by atoms with Crippen LogP contribution in [0.25, 0.3) is 0 Å². The van der Waals surface area contributed by atoms with Crippen molar-refractivity contribution in [3.63, 3.8) is 0 Å². The topological polar surface area (TPSA) is 52.6 Å². The van der Waals surface area contributed by atoms with Crippen molar-refractivity contribution in [2.45, 2.75) is 38.9 Å². The van der Waals surface area contributed by atoms with Crippen molar-refractivity contribution in [2.24, 2.45) is 0 Å². The van der Waals surface area contributed by atoms with Crippen molar-refractivity contribution in [3.8, 4) is 5.75 Å². The van der Waals surface area contributed by atoms with Gasteiger partial charge in [-0.1, -0.05) is 26.3 Å². The molecule has 0 saturated heterocycles. The lowest BCUT2D eigenvalue weighted by molar-refractivity contribution is -0.158. The number of carbonyl (C=O) groups is 2. The summed E-state index contributed by atoms with van der Waals surface area (Å²) in [4.78, 5) is 21.9. The van der Waals surface area contributed by atoms with Crippen LogP contribution in [0.2, 0.25) is 0 Å². The van der Waals surface area contributed by atoms with Crippen LogP contribution in [-0.2, 0) is 9.53 Å². The number of hydrogen-bond donors (Lipinski definition) is 0. The third kappa shape index (κ3) is 5.69. The van der Waals surface area contributed by atoms with Crippen LogP contribution in [0.5, 0.6) is 5.75 Å². The summed E-state index contributed by atoms with van der Waals surface area (Å²) in [5, 5.41) is 0. The number of carbonyl (C=O) groups excluding carboxylic acids is 2. The van der Waals surface area contributed by atoms with Gasteiger partial charge in [0.1, 0.15) is 12.0 Å². The van der Waals surface area contributed by atoms with E-state index < -0.39 is 12.3 Å². The Kier molecular flexibility index (Phi) is 7.11. The Morgan fingerprint density at radius 2 is 2.00 bits per heavy atom. The van der Waals surface area contributed by atoms with Crippen molar-refractivity contribution < 1.29 is 19.1 Å². The van der Waals surface area contributed by atoms with Gasteiger partial charge in [-0.05, 0) is 30.7 Å². The fourth-order valence-electron chi connectivity index (χ4n) is 1.66. The quantitative estimate of drug-likeness (QED) is 0.228. The van der Waals surface area contributed by atoms with E-state index in [9.17, 15) is 9.59 Å². The van der Waals surface area contributed by atoms with Gasteiger partial charge in [0.25, 0.3) is 0 Å². The highest BCUT2D eigenvalue weighted by Crippen LogP contribution is 2.17. The van der Waals surface area contributed by atoms with E-state index in [0.717, 1.165) is 31.6 Å². The van der Waals surface area contributed by atoms with Gasteiger partial charge in [0.2, 0.25) is 6.29 Å². The normalized spacial score (nSPS) is 11.4. The van der Waals surface area contributed by atoms with Crippen LogP contribution >= 0.6 is 0 Å². The molecule has 0 fully saturated rings. The molecule has 0 radical (unpaired) electrons. The SMILES string of the molecule is C=CC(=O)OC(CCCCC)Oc1ccc(C=O)cc1. The van der Waals surface area contributed by atoms with Crippen LogP contribution < -0.4 is 4.74 Å². The van der Waals surface area contributed by atoms with Gasteiger partial charge < -0.3 is 9.47 Å². The molecule has 1 aromatic carbocycles. The molecule has 0 amide bonds. The van der Waals surface area contributed by atoms with E-state index in [1.807, 2.05) is 0 Å². The molecular weight excluding hydrogens is 256 g/mol. The van der Waals surface area contributed by atoms with E-state index in [4.69, 9.17) is 9.47 Å². The molecule has 0 bridgehead atoms. The molecule has 1 rings (SSSR count). The molecule has 0 saturated carbocycles. The Morgan fingerprint density at radius 1 is 1.30 bits per heavy atom. The Hall–Kier alpha value is -2.10. The first kappa shape index (κ1) is 16.0. The molecule has 108 valence electrons. The zero-order valence-electron chi connectivity index (χ0n) is 11.7. The van der Waals surface area contributed by atoms with Crippen LogP contribution in [-0.4, -0.2) is 18.5 Å². The first-order valence-electron chi connectivity index (χ1n) is 6.74. The molecule has 0 spiro atoms. The van der Waals surface area contributed by atoms with Gasteiger partial charge in [0.05, 0.1) is 0 Å². The van der Waals surface area contributed by atoms with E-state index in [1.165, 1.54) is 0 Å². The monoisotopic (exact) mass is 276 g/mol. The van der Waals surface area contributed by atoms with Crippen molar-refractivity contribution in [1.29, 1.82) is 0 Å². The van der Waals surface area contributed by atoms with Gasteiger partial charge in [-0.15, -0.1) is 0 Å². The fourth-order valence-corrected chi connectivity index (χ4v) is 1.66. The predicted octanol–water partition coefficient (Wildman–Crippen LogP) is 3.51. The Morgan fingerprint density at radius 3 is 2.55 bits per heavy atom. The molecule has 0 heterocycles. The number of unbranched alkanes of at least 4 members (excludes halogenated alkanes) is 2. The highest BCUT2D eigenvalue weighted by atomic mass is 16.7. The van der Waals surface area contributed by atoms with E-state index >= 15 is 0 Å². The van der Waals surface area contributed by atoms with Gasteiger partial charge in [0, 0.05) is 18.1 Å². The van der Waals surface area contributed by atoms with Crippen molar-refractivity contribution in [2.75, 3.05) is 0 Å². The molecule has 4 heteroatoms. The minimum absolute atomic E-state index is 0.504.